The van der Waals surface area contributed by atoms with Crippen molar-refractivity contribution < 1.29 is 13.9 Å². The minimum absolute atomic E-state index is 0.248. The summed E-state index contributed by atoms with van der Waals surface area (Å²) in [6.45, 7) is 3.78. The van der Waals surface area contributed by atoms with Crippen molar-refractivity contribution in [1.82, 2.24) is 14.7 Å². The van der Waals surface area contributed by atoms with Crippen LogP contribution in [0.1, 0.15) is 18.4 Å². The highest BCUT2D eigenvalue weighted by Gasteiger charge is 2.39. The normalized spacial score (nSPS) is 17.7. The van der Waals surface area contributed by atoms with Gasteiger partial charge in [0.2, 0.25) is 0 Å². The number of hydrogen-bond acceptors (Lipinski definition) is 4. The van der Waals surface area contributed by atoms with Gasteiger partial charge in [-0.15, -0.1) is 0 Å². The van der Waals surface area contributed by atoms with Gasteiger partial charge in [0, 0.05) is 43.6 Å². The van der Waals surface area contributed by atoms with E-state index in [0.717, 1.165) is 54.0 Å². The van der Waals surface area contributed by atoms with Gasteiger partial charge in [-0.25, -0.2) is 9.07 Å². The van der Waals surface area contributed by atoms with Crippen molar-refractivity contribution in [3.8, 4) is 28.1 Å². The topological polar surface area (TPSA) is 39.5 Å². The second-order valence-electron chi connectivity index (χ2n) is 9.21. The molecule has 6 heteroatoms. The van der Waals surface area contributed by atoms with E-state index in [-0.39, 0.29) is 5.82 Å². The van der Waals surface area contributed by atoms with Crippen molar-refractivity contribution in [2.45, 2.75) is 25.2 Å². The zero-order valence-corrected chi connectivity index (χ0v) is 19.6. The fourth-order valence-corrected chi connectivity index (χ4v) is 5.14. The van der Waals surface area contributed by atoms with Gasteiger partial charge < -0.3 is 9.47 Å². The van der Waals surface area contributed by atoms with Gasteiger partial charge in [-0.2, -0.15) is 5.10 Å². The van der Waals surface area contributed by atoms with Crippen LogP contribution in [0.5, 0.6) is 0 Å². The van der Waals surface area contributed by atoms with Crippen molar-refractivity contribution in [2.75, 3.05) is 26.3 Å². The highest BCUT2D eigenvalue weighted by atomic mass is 19.1. The monoisotopic (exact) mass is 469 g/mol. The molecule has 1 spiro atoms. The second kappa shape index (κ2) is 9.38. The Bertz CT molecular complexity index is 1290. The number of halogens is 1. The summed E-state index contributed by atoms with van der Waals surface area (Å²) in [7, 11) is 0. The molecule has 35 heavy (non-hydrogen) atoms. The molecule has 2 fully saturated rings. The third-order valence-electron chi connectivity index (χ3n) is 7.02. The Morgan fingerprint density at radius 2 is 1.46 bits per heavy atom. The summed E-state index contributed by atoms with van der Waals surface area (Å²) in [6, 6.07) is 25.5. The quantitative estimate of drug-likeness (QED) is 0.377. The van der Waals surface area contributed by atoms with E-state index in [4.69, 9.17) is 14.6 Å². The Balaban J connectivity index is 1.31. The van der Waals surface area contributed by atoms with Crippen LogP contribution in [0.15, 0.2) is 85.1 Å². The molecule has 2 saturated heterocycles. The molecule has 5 nitrogen and oxygen atoms in total. The summed E-state index contributed by atoms with van der Waals surface area (Å²) in [6.07, 6.45) is 3.56. The van der Waals surface area contributed by atoms with E-state index in [2.05, 4.69) is 29.2 Å². The van der Waals surface area contributed by atoms with E-state index in [1.807, 2.05) is 53.3 Å². The lowest BCUT2D eigenvalue weighted by molar-refractivity contribution is -0.185. The van der Waals surface area contributed by atoms with Crippen LogP contribution in [0.4, 0.5) is 4.39 Å². The molecule has 6 rings (SSSR count). The highest BCUT2D eigenvalue weighted by molar-refractivity contribution is 5.68. The predicted molar refractivity (Wildman–Crippen MR) is 134 cm³/mol. The van der Waals surface area contributed by atoms with Crippen LogP contribution in [0.3, 0.4) is 0 Å². The molecule has 1 aromatic heterocycles. The van der Waals surface area contributed by atoms with E-state index in [1.165, 1.54) is 6.07 Å². The minimum atomic E-state index is -0.407. The summed E-state index contributed by atoms with van der Waals surface area (Å²) in [5.74, 6) is -0.656. The van der Waals surface area contributed by atoms with Crippen molar-refractivity contribution in [3.05, 3.63) is 96.4 Å². The standard InChI is InChI=1S/C29H28FN3O2/c30-27-9-5-4-8-26(27)28-24(21-32-16-14-29(15-17-32)34-18-19-35-29)20-31-33(28)25-12-10-23(11-13-25)22-6-2-1-3-7-22/h1-13,20H,14-19,21H2. The van der Waals surface area contributed by atoms with Gasteiger partial charge in [-0.05, 0) is 35.4 Å². The first-order valence-electron chi connectivity index (χ1n) is 12.2. The molecule has 3 heterocycles. The molecule has 2 aliphatic rings. The van der Waals surface area contributed by atoms with Gasteiger partial charge in [0.1, 0.15) is 5.82 Å². The first-order valence-corrected chi connectivity index (χ1v) is 12.2. The lowest BCUT2D eigenvalue weighted by atomic mass is 10.0. The Labute approximate surface area is 204 Å². The van der Waals surface area contributed by atoms with Crippen LogP contribution in [0.2, 0.25) is 0 Å². The van der Waals surface area contributed by atoms with Crippen LogP contribution in [0.25, 0.3) is 28.1 Å². The summed E-state index contributed by atoms with van der Waals surface area (Å²) in [5, 5.41) is 4.72. The number of ether oxygens (including phenoxy) is 2. The van der Waals surface area contributed by atoms with Gasteiger partial charge in [0.25, 0.3) is 0 Å². The lowest BCUT2D eigenvalue weighted by Crippen LogP contribution is -2.44. The molecule has 0 unspecified atom stereocenters. The number of benzene rings is 3. The van der Waals surface area contributed by atoms with Crippen LogP contribution >= 0.6 is 0 Å². The maximum absolute atomic E-state index is 15.0. The van der Waals surface area contributed by atoms with Crippen LogP contribution < -0.4 is 0 Å². The average Bonchev–Trinajstić information content (AvgIpc) is 3.54. The number of piperidine rings is 1. The zero-order valence-electron chi connectivity index (χ0n) is 19.6. The molecule has 2 aliphatic heterocycles. The van der Waals surface area contributed by atoms with E-state index in [1.54, 1.807) is 6.07 Å². The van der Waals surface area contributed by atoms with Crippen molar-refractivity contribution >= 4 is 0 Å². The predicted octanol–water partition coefficient (Wildman–Crippen LogP) is 5.68. The van der Waals surface area contributed by atoms with Crippen molar-refractivity contribution in [2.24, 2.45) is 0 Å². The number of hydrogen-bond donors (Lipinski definition) is 0. The smallest absolute Gasteiger partial charge is 0.170 e. The highest BCUT2D eigenvalue weighted by Crippen LogP contribution is 2.34. The minimum Gasteiger partial charge on any atom is -0.347 e. The molecule has 4 aromatic rings. The zero-order chi connectivity index (χ0) is 23.7. The molecule has 0 aliphatic carbocycles. The van der Waals surface area contributed by atoms with Gasteiger partial charge >= 0.3 is 0 Å². The number of rotatable bonds is 5. The Kier molecular flexibility index (Phi) is 5.94. The third-order valence-corrected chi connectivity index (χ3v) is 7.02. The largest absolute Gasteiger partial charge is 0.347 e. The summed E-state index contributed by atoms with van der Waals surface area (Å²) in [4.78, 5) is 2.38. The fraction of sp³-hybridized carbons (Fsp3) is 0.276. The Hall–Kier alpha value is -3.32. The molecule has 0 N–H and O–H groups in total. The molecule has 0 amide bonds. The van der Waals surface area contributed by atoms with Gasteiger partial charge in [0.15, 0.2) is 5.79 Å². The maximum atomic E-state index is 15.0. The SMILES string of the molecule is Fc1ccccc1-c1c(CN2CCC3(CC2)OCCO3)cnn1-c1ccc(-c2ccccc2)cc1. The number of likely N-dealkylation sites (tertiary alicyclic amines) is 1. The molecule has 0 atom stereocenters. The van der Waals surface area contributed by atoms with E-state index in [0.29, 0.717) is 25.3 Å². The summed E-state index contributed by atoms with van der Waals surface area (Å²) >= 11 is 0. The van der Waals surface area contributed by atoms with Crippen molar-refractivity contribution in [3.63, 3.8) is 0 Å². The molecule has 0 radical (unpaired) electrons. The summed E-state index contributed by atoms with van der Waals surface area (Å²) < 4.78 is 28.6. The van der Waals surface area contributed by atoms with Crippen LogP contribution in [0, 0.1) is 5.82 Å². The van der Waals surface area contributed by atoms with Gasteiger partial charge in [-0.1, -0.05) is 54.6 Å². The molecular formula is C29H28FN3O2. The summed E-state index contributed by atoms with van der Waals surface area (Å²) in [5.41, 5.74) is 5.55. The number of aromatic nitrogens is 2. The Morgan fingerprint density at radius 1 is 0.800 bits per heavy atom. The van der Waals surface area contributed by atoms with Crippen LogP contribution in [-0.4, -0.2) is 46.8 Å². The van der Waals surface area contributed by atoms with Crippen LogP contribution in [-0.2, 0) is 16.0 Å². The van der Waals surface area contributed by atoms with E-state index < -0.39 is 5.79 Å². The maximum Gasteiger partial charge on any atom is 0.170 e. The molecule has 3 aromatic carbocycles. The van der Waals surface area contributed by atoms with E-state index >= 15 is 4.39 Å². The number of nitrogens with zero attached hydrogens (tertiary/aromatic N) is 3. The van der Waals surface area contributed by atoms with Gasteiger partial charge in [-0.3, -0.25) is 4.90 Å². The van der Waals surface area contributed by atoms with Gasteiger partial charge in [0.05, 0.1) is 30.8 Å². The first-order chi connectivity index (χ1) is 17.2. The second-order valence-corrected chi connectivity index (χ2v) is 9.21. The van der Waals surface area contributed by atoms with E-state index in [9.17, 15) is 0 Å². The molecule has 0 saturated carbocycles. The fourth-order valence-electron chi connectivity index (χ4n) is 5.14. The third kappa shape index (κ3) is 4.41. The average molecular weight is 470 g/mol. The van der Waals surface area contributed by atoms with Crippen molar-refractivity contribution in [1.29, 1.82) is 0 Å². The molecule has 178 valence electrons. The molecule has 0 bridgehead atoms. The molecular weight excluding hydrogens is 441 g/mol. The lowest BCUT2D eigenvalue weighted by Gasteiger charge is -2.37. The first kappa shape index (κ1) is 22.2. The Morgan fingerprint density at radius 3 is 2.17 bits per heavy atom.